The standard InChI is InChI=1S/C12H10O4S.HI/c13-17(14,15-11-7-3-1-4-8-11)16-12-9-5-2-6-10-12;/h1-10H;1H. The summed E-state index contributed by atoms with van der Waals surface area (Å²) in [7, 11) is -4.09. The second-order valence-corrected chi connectivity index (χ2v) is 4.35. The Hall–Kier alpha value is -1.28. The van der Waals surface area contributed by atoms with Gasteiger partial charge in [-0.25, -0.2) is 0 Å². The van der Waals surface area contributed by atoms with Gasteiger partial charge in [-0.05, 0) is 24.3 Å². The van der Waals surface area contributed by atoms with E-state index in [-0.39, 0.29) is 35.5 Å². The lowest BCUT2D eigenvalue weighted by atomic mass is 10.3. The van der Waals surface area contributed by atoms with Gasteiger partial charge in [0.05, 0.1) is 0 Å². The molecule has 2 aromatic carbocycles. The fourth-order valence-electron chi connectivity index (χ4n) is 1.20. The van der Waals surface area contributed by atoms with E-state index in [2.05, 4.69) is 0 Å². The van der Waals surface area contributed by atoms with Crippen LogP contribution in [0.25, 0.3) is 0 Å². The highest BCUT2D eigenvalue weighted by Gasteiger charge is 2.14. The summed E-state index contributed by atoms with van der Waals surface area (Å²) >= 11 is 0. The normalized spacial score (nSPS) is 10.2. The van der Waals surface area contributed by atoms with Crippen LogP contribution in [0.2, 0.25) is 0 Å². The Balaban J connectivity index is 0.00000162. The van der Waals surface area contributed by atoms with Crippen molar-refractivity contribution < 1.29 is 16.8 Å². The van der Waals surface area contributed by atoms with Crippen LogP contribution in [-0.4, -0.2) is 8.42 Å². The largest absolute Gasteiger partial charge is 0.500 e. The van der Waals surface area contributed by atoms with Crippen LogP contribution in [0.5, 0.6) is 11.5 Å². The van der Waals surface area contributed by atoms with Crippen LogP contribution in [0.1, 0.15) is 0 Å². The number of halogens is 1. The minimum Gasteiger partial charge on any atom is -0.353 e. The summed E-state index contributed by atoms with van der Waals surface area (Å²) in [5.41, 5.74) is 0. The van der Waals surface area contributed by atoms with E-state index in [1.54, 1.807) is 36.4 Å². The minimum atomic E-state index is -4.09. The molecule has 0 aromatic heterocycles. The molecular formula is C12H11IO4S. The van der Waals surface area contributed by atoms with Crippen molar-refractivity contribution in [1.82, 2.24) is 0 Å². The molecule has 0 amide bonds. The first-order valence-corrected chi connectivity index (χ1v) is 6.23. The van der Waals surface area contributed by atoms with Crippen LogP contribution < -0.4 is 8.37 Å². The van der Waals surface area contributed by atoms with Gasteiger partial charge in [-0.1, -0.05) is 36.4 Å². The third kappa shape index (κ3) is 4.53. The van der Waals surface area contributed by atoms with Crippen molar-refractivity contribution in [2.24, 2.45) is 0 Å². The van der Waals surface area contributed by atoms with E-state index >= 15 is 0 Å². The fourth-order valence-corrected chi connectivity index (χ4v) is 1.93. The van der Waals surface area contributed by atoms with Crippen LogP contribution in [0, 0.1) is 0 Å². The molecule has 0 aliphatic rings. The fraction of sp³-hybridized carbons (Fsp3) is 0. The van der Waals surface area contributed by atoms with E-state index in [1.165, 1.54) is 24.3 Å². The second-order valence-electron chi connectivity index (χ2n) is 3.20. The Kier molecular flexibility index (Phi) is 5.42. The molecule has 0 spiro atoms. The van der Waals surface area contributed by atoms with E-state index in [0.29, 0.717) is 0 Å². The molecule has 0 aliphatic carbocycles. The number of rotatable bonds is 4. The van der Waals surface area contributed by atoms with E-state index < -0.39 is 10.4 Å². The summed E-state index contributed by atoms with van der Waals surface area (Å²) in [5.74, 6) is 0.423. The highest BCUT2D eigenvalue weighted by Crippen LogP contribution is 2.16. The van der Waals surface area contributed by atoms with Gasteiger partial charge < -0.3 is 8.37 Å². The van der Waals surface area contributed by atoms with Crippen molar-refractivity contribution in [3.8, 4) is 11.5 Å². The maximum atomic E-state index is 11.5. The summed E-state index contributed by atoms with van der Waals surface area (Å²) in [6.45, 7) is 0. The molecule has 0 atom stereocenters. The predicted octanol–water partition coefficient (Wildman–Crippen LogP) is 3.01. The molecule has 0 heterocycles. The van der Waals surface area contributed by atoms with Gasteiger partial charge in [-0.3, -0.25) is 0 Å². The molecule has 0 aliphatic heterocycles. The number of para-hydroxylation sites is 2. The smallest absolute Gasteiger partial charge is 0.353 e. The third-order valence-electron chi connectivity index (χ3n) is 1.88. The Morgan fingerprint density at radius 3 is 1.33 bits per heavy atom. The second kappa shape index (κ2) is 6.60. The van der Waals surface area contributed by atoms with Crippen LogP contribution in [0.3, 0.4) is 0 Å². The predicted molar refractivity (Wildman–Crippen MR) is 78.5 cm³/mol. The van der Waals surface area contributed by atoms with Crippen molar-refractivity contribution in [2.75, 3.05) is 0 Å². The zero-order valence-corrected chi connectivity index (χ0v) is 12.4. The van der Waals surface area contributed by atoms with Gasteiger partial charge in [0.1, 0.15) is 11.5 Å². The lowest BCUT2D eigenvalue weighted by Gasteiger charge is -2.07. The molecule has 0 saturated carbocycles. The lowest BCUT2D eigenvalue weighted by Crippen LogP contribution is -2.16. The van der Waals surface area contributed by atoms with E-state index in [0.717, 1.165) is 0 Å². The van der Waals surface area contributed by atoms with Crippen LogP contribution >= 0.6 is 24.0 Å². The quantitative estimate of drug-likeness (QED) is 0.768. The van der Waals surface area contributed by atoms with Gasteiger partial charge in [0.15, 0.2) is 0 Å². The van der Waals surface area contributed by atoms with Gasteiger partial charge in [-0.2, -0.15) is 0 Å². The van der Waals surface area contributed by atoms with Crippen LogP contribution in [-0.2, 0) is 10.4 Å². The average molecular weight is 378 g/mol. The first-order valence-electron chi connectivity index (χ1n) is 4.90. The third-order valence-corrected chi connectivity index (χ3v) is 2.68. The van der Waals surface area contributed by atoms with E-state index in [4.69, 9.17) is 8.37 Å². The highest BCUT2D eigenvalue weighted by atomic mass is 127. The summed E-state index contributed by atoms with van der Waals surface area (Å²) in [6, 6.07) is 16.4. The average Bonchev–Trinajstić information content (AvgIpc) is 2.30. The maximum Gasteiger partial charge on any atom is 0.500 e. The molecule has 0 fully saturated rings. The van der Waals surface area contributed by atoms with Crippen LogP contribution in [0.15, 0.2) is 60.7 Å². The molecule has 96 valence electrons. The highest BCUT2D eigenvalue weighted by molar-refractivity contribution is 14.0. The Morgan fingerprint density at radius 1 is 0.667 bits per heavy atom. The Morgan fingerprint density at radius 2 is 1.00 bits per heavy atom. The van der Waals surface area contributed by atoms with Gasteiger partial charge >= 0.3 is 10.4 Å². The Labute approximate surface area is 123 Å². The number of benzene rings is 2. The monoisotopic (exact) mass is 378 g/mol. The molecule has 0 unspecified atom stereocenters. The molecule has 0 N–H and O–H groups in total. The van der Waals surface area contributed by atoms with Crippen molar-refractivity contribution in [1.29, 1.82) is 0 Å². The van der Waals surface area contributed by atoms with Gasteiger partial charge in [0, 0.05) is 0 Å². The van der Waals surface area contributed by atoms with E-state index in [9.17, 15) is 8.42 Å². The van der Waals surface area contributed by atoms with Crippen LogP contribution in [0.4, 0.5) is 0 Å². The van der Waals surface area contributed by atoms with Crippen molar-refractivity contribution in [2.45, 2.75) is 0 Å². The zero-order chi connectivity index (χ0) is 12.1. The molecule has 2 rings (SSSR count). The first-order chi connectivity index (χ1) is 8.16. The summed E-state index contributed by atoms with van der Waals surface area (Å²) in [5, 5.41) is 0. The summed E-state index contributed by atoms with van der Waals surface area (Å²) in [6.07, 6.45) is 0. The van der Waals surface area contributed by atoms with E-state index in [1.807, 2.05) is 0 Å². The van der Waals surface area contributed by atoms with Crippen molar-refractivity contribution >= 4 is 34.4 Å². The zero-order valence-electron chi connectivity index (χ0n) is 9.22. The summed E-state index contributed by atoms with van der Waals surface area (Å²) in [4.78, 5) is 0. The van der Waals surface area contributed by atoms with Crippen molar-refractivity contribution in [3.63, 3.8) is 0 Å². The summed E-state index contributed by atoms with van der Waals surface area (Å²) < 4.78 is 32.6. The molecule has 0 bridgehead atoms. The lowest BCUT2D eigenvalue weighted by molar-refractivity contribution is 0.392. The number of hydrogen-bond donors (Lipinski definition) is 0. The minimum absolute atomic E-state index is 0. The molecule has 18 heavy (non-hydrogen) atoms. The SMILES string of the molecule is I.O=S(=O)(Oc1ccccc1)Oc1ccccc1. The molecular weight excluding hydrogens is 367 g/mol. The Bertz CT molecular complexity index is 522. The maximum absolute atomic E-state index is 11.5. The topological polar surface area (TPSA) is 52.6 Å². The van der Waals surface area contributed by atoms with Gasteiger partial charge in [0.25, 0.3) is 0 Å². The molecule has 2 aromatic rings. The van der Waals surface area contributed by atoms with Crippen molar-refractivity contribution in [3.05, 3.63) is 60.7 Å². The molecule has 4 nitrogen and oxygen atoms in total. The number of hydrogen-bond acceptors (Lipinski definition) is 4. The van der Waals surface area contributed by atoms with Gasteiger partial charge in [-0.15, -0.1) is 32.4 Å². The van der Waals surface area contributed by atoms with Gasteiger partial charge in [0.2, 0.25) is 0 Å². The molecule has 0 saturated heterocycles. The molecule has 6 heteroatoms. The first kappa shape index (κ1) is 14.8. The molecule has 0 radical (unpaired) electrons.